The number of imide groups is 1. The van der Waals surface area contributed by atoms with Crippen LogP contribution >= 0.6 is 11.6 Å². The molecule has 1 aliphatic heterocycles. The highest BCUT2D eigenvalue weighted by Gasteiger charge is 2.48. The van der Waals surface area contributed by atoms with Crippen LogP contribution in [0.1, 0.15) is 26.7 Å². The number of carbonyl (C=O) groups is 3. The van der Waals surface area contributed by atoms with E-state index in [2.05, 4.69) is 0 Å². The molecule has 0 unspecified atom stereocenters. The lowest BCUT2D eigenvalue weighted by molar-refractivity contribution is -0.787. The summed E-state index contributed by atoms with van der Waals surface area (Å²) >= 11 is 6.10. The van der Waals surface area contributed by atoms with E-state index in [-0.39, 0.29) is 41.7 Å². The molecule has 0 aromatic heterocycles. The van der Waals surface area contributed by atoms with E-state index in [1.807, 2.05) is 0 Å². The maximum absolute atomic E-state index is 14.3. The van der Waals surface area contributed by atoms with Crippen molar-refractivity contribution in [2.45, 2.75) is 32.7 Å². The zero-order chi connectivity index (χ0) is 18.8. The van der Waals surface area contributed by atoms with E-state index in [0.717, 1.165) is 0 Å². The molecule has 0 bridgehead atoms. The van der Waals surface area contributed by atoms with Gasteiger partial charge in [0.1, 0.15) is 5.82 Å². The number of nitrogens with zero attached hydrogens (tertiary/aromatic N) is 2. The van der Waals surface area contributed by atoms with Gasteiger partial charge < -0.3 is 9.64 Å². The summed E-state index contributed by atoms with van der Waals surface area (Å²) in [6.45, 7) is 3.05. The van der Waals surface area contributed by atoms with Crippen molar-refractivity contribution >= 4 is 35.2 Å². The maximum Gasteiger partial charge on any atom is 0.523 e. The fraction of sp³-hybridized carbons (Fsp3) is 0.471. The number of ether oxygens (including phenoxy) is 1. The van der Waals surface area contributed by atoms with Crippen molar-refractivity contribution in [3.63, 3.8) is 0 Å². The van der Waals surface area contributed by atoms with Crippen molar-refractivity contribution in [2.75, 3.05) is 25.1 Å². The van der Waals surface area contributed by atoms with Gasteiger partial charge in [0.25, 0.3) is 0 Å². The Bertz CT molecular complexity index is 682. The van der Waals surface area contributed by atoms with Crippen LogP contribution in [0.3, 0.4) is 0 Å². The molecular weight excluding hydrogens is 351 g/mol. The van der Waals surface area contributed by atoms with Gasteiger partial charge in [-0.05, 0) is 12.1 Å². The molecule has 6 nitrogen and oxygen atoms in total. The number of amides is 3. The SMILES string of the molecule is COC(=O)[N+]1(C(C)=O)CCC(N(C(C)=O)c2c(F)cccc2Cl)CC1. The second kappa shape index (κ2) is 7.49. The number of halogens is 2. The first kappa shape index (κ1) is 19.3. The molecule has 0 atom stereocenters. The van der Waals surface area contributed by atoms with Crippen molar-refractivity contribution in [3.05, 3.63) is 29.0 Å². The highest BCUT2D eigenvalue weighted by atomic mass is 35.5. The fourth-order valence-electron chi connectivity index (χ4n) is 3.37. The van der Waals surface area contributed by atoms with Crippen LogP contribution in [-0.4, -0.2) is 48.6 Å². The minimum absolute atomic E-state index is 0.0301. The van der Waals surface area contributed by atoms with Crippen molar-refractivity contribution in [3.8, 4) is 0 Å². The second-order valence-corrected chi connectivity index (χ2v) is 6.50. The van der Waals surface area contributed by atoms with Gasteiger partial charge in [-0.1, -0.05) is 17.7 Å². The molecule has 0 N–H and O–H groups in total. The van der Waals surface area contributed by atoms with Gasteiger partial charge in [0, 0.05) is 25.8 Å². The number of carbonyl (C=O) groups excluding carboxylic acids is 3. The maximum atomic E-state index is 14.3. The number of likely N-dealkylation sites (tertiary alicyclic amines) is 1. The molecule has 0 spiro atoms. The van der Waals surface area contributed by atoms with Crippen molar-refractivity contribution in [1.82, 2.24) is 0 Å². The molecular formula is C17H21ClFN2O4+. The molecule has 0 radical (unpaired) electrons. The van der Waals surface area contributed by atoms with Crippen molar-refractivity contribution in [2.24, 2.45) is 0 Å². The van der Waals surface area contributed by atoms with Gasteiger partial charge in [-0.15, -0.1) is 0 Å². The summed E-state index contributed by atoms with van der Waals surface area (Å²) in [6, 6.07) is 3.87. The molecule has 0 aliphatic carbocycles. The Kier molecular flexibility index (Phi) is 5.80. The quantitative estimate of drug-likeness (QED) is 0.749. The number of methoxy groups -OCH3 is 1. The van der Waals surface area contributed by atoms with Crippen molar-refractivity contribution in [1.29, 1.82) is 0 Å². The summed E-state index contributed by atoms with van der Waals surface area (Å²) in [5.41, 5.74) is 0.0301. The van der Waals surface area contributed by atoms with E-state index in [9.17, 15) is 18.8 Å². The average Bonchev–Trinajstić information content (AvgIpc) is 2.57. The molecule has 136 valence electrons. The number of para-hydroxylation sites is 1. The highest BCUT2D eigenvalue weighted by Crippen LogP contribution is 2.34. The zero-order valence-electron chi connectivity index (χ0n) is 14.4. The summed E-state index contributed by atoms with van der Waals surface area (Å²) in [7, 11) is 1.23. The molecule has 1 aliphatic rings. The normalized spacial score (nSPS) is 23.0. The van der Waals surface area contributed by atoms with Gasteiger partial charge >= 0.3 is 12.0 Å². The summed E-state index contributed by atoms with van der Waals surface area (Å²) < 4.78 is 18.6. The first-order chi connectivity index (χ1) is 11.7. The van der Waals surface area contributed by atoms with Crippen LogP contribution in [0.2, 0.25) is 5.02 Å². The van der Waals surface area contributed by atoms with Gasteiger partial charge in [0.05, 0.1) is 37.8 Å². The molecule has 1 fully saturated rings. The summed E-state index contributed by atoms with van der Waals surface area (Å²) in [4.78, 5) is 37.6. The third-order valence-corrected chi connectivity index (χ3v) is 5.00. The van der Waals surface area contributed by atoms with Crippen LogP contribution in [0.5, 0.6) is 0 Å². The average molecular weight is 372 g/mol. The minimum Gasteiger partial charge on any atom is -0.423 e. The van der Waals surface area contributed by atoms with Crippen LogP contribution in [0.4, 0.5) is 14.9 Å². The predicted molar refractivity (Wildman–Crippen MR) is 90.7 cm³/mol. The summed E-state index contributed by atoms with van der Waals surface area (Å²) in [5.74, 6) is -1.25. The molecule has 0 saturated carbocycles. The van der Waals surface area contributed by atoms with E-state index >= 15 is 0 Å². The van der Waals surface area contributed by atoms with Crippen LogP contribution < -0.4 is 4.90 Å². The Labute approximate surface area is 150 Å². The lowest BCUT2D eigenvalue weighted by Gasteiger charge is -2.40. The Balaban J connectivity index is 2.32. The molecule has 25 heavy (non-hydrogen) atoms. The lowest BCUT2D eigenvalue weighted by Crippen LogP contribution is -2.62. The van der Waals surface area contributed by atoms with E-state index in [4.69, 9.17) is 16.3 Å². The molecule has 2 rings (SSSR count). The van der Waals surface area contributed by atoms with Gasteiger partial charge in [-0.3, -0.25) is 4.79 Å². The highest BCUT2D eigenvalue weighted by molar-refractivity contribution is 6.33. The van der Waals surface area contributed by atoms with E-state index < -0.39 is 16.4 Å². The number of rotatable bonds is 2. The Morgan fingerprint density at radius 3 is 2.28 bits per heavy atom. The monoisotopic (exact) mass is 371 g/mol. The van der Waals surface area contributed by atoms with E-state index in [1.54, 1.807) is 0 Å². The topological polar surface area (TPSA) is 63.7 Å². The molecule has 1 heterocycles. The molecule has 8 heteroatoms. The number of benzene rings is 1. The van der Waals surface area contributed by atoms with Gasteiger partial charge in [-0.25, -0.2) is 9.18 Å². The Hall–Kier alpha value is -1.99. The van der Waals surface area contributed by atoms with Gasteiger partial charge in [-0.2, -0.15) is 9.28 Å². The molecule has 1 saturated heterocycles. The van der Waals surface area contributed by atoms with Gasteiger partial charge in [0.2, 0.25) is 5.91 Å². The number of hydrogen-bond donors (Lipinski definition) is 0. The van der Waals surface area contributed by atoms with Crippen LogP contribution in [0.15, 0.2) is 18.2 Å². The Morgan fingerprint density at radius 1 is 1.24 bits per heavy atom. The summed E-state index contributed by atoms with van der Waals surface area (Å²) in [6.07, 6.45) is 0.0712. The van der Waals surface area contributed by atoms with Crippen LogP contribution in [-0.2, 0) is 14.3 Å². The Morgan fingerprint density at radius 2 is 1.84 bits per heavy atom. The second-order valence-electron chi connectivity index (χ2n) is 6.09. The van der Waals surface area contributed by atoms with Crippen molar-refractivity contribution < 1.29 is 28.0 Å². The first-order valence-electron chi connectivity index (χ1n) is 7.95. The predicted octanol–water partition coefficient (Wildman–Crippen LogP) is 3.12. The minimum atomic E-state index is -0.621. The molecule has 3 amide bonds. The number of piperidine rings is 1. The number of quaternary nitrogens is 1. The van der Waals surface area contributed by atoms with Gasteiger partial charge in [0.15, 0.2) is 0 Å². The smallest absolute Gasteiger partial charge is 0.423 e. The number of hydrogen-bond acceptors (Lipinski definition) is 4. The largest absolute Gasteiger partial charge is 0.523 e. The van der Waals surface area contributed by atoms with Crippen LogP contribution in [0.25, 0.3) is 0 Å². The zero-order valence-corrected chi connectivity index (χ0v) is 15.2. The molecule has 1 aromatic rings. The summed E-state index contributed by atoms with van der Waals surface area (Å²) in [5, 5.41) is 0.140. The third kappa shape index (κ3) is 3.52. The fourth-order valence-corrected chi connectivity index (χ4v) is 3.62. The first-order valence-corrected chi connectivity index (χ1v) is 8.33. The van der Waals surface area contributed by atoms with E-state index in [1.165, 1.54) is 44.1 Å². The standard InChI is InChI=1S/C17H21ClFN2O4/c1-11(22)20(16-14(18)5-4-6-15(16)19)13-7-9-21(10-8-13,12(2)23)17(24)25-3/h4-6,13H,7-10H2,1-3H3/q+1. The van der Waals surface area contributed by atoms with Crippen LogP contribution in [0, 0.1) is 5.82 Å². The molecule has 1 aromatic carbocycles. The third-order valence-electron chi connectivity index (χ3n) is 4.70. The number of anilines is 1. The lowest BCUT2D eigenvalue weighted by atomic mass is 9.99. The van der Waals surface area contributed by atoms with E-state index in [0.29, 0.717) is 12.8 Å².